The van der Waals surface area contributed by atoms with Crippen molar-refractivity contribution in [1.82, 2.24) is 15.0 Å². The Bertz CT molecular complexity index is 463. The molecule has 0 aliphatic heterocycles. The van der Waals surface area contributed by atoms with Crippen LogP contribution in [0.3, 0.4) is 0 Å². The molecule has 0 unspecified atom stereocenters. The first-order valence-electron chi connectivity index (χ1n) is 10.4. The Morgan fingerprint density at radius 2 is 1.77 bits per heavy atom. The highest BCUT2D eigenvalue weighted by atomic mass is 16.5. The highest BCUT2D eigenvalue weighted by Crippen LogP contribution is 2.09. The van der Waals surface area contributed by atoms with E-state index in [1.54, 1.807) is 0 Å². The van der Waals surface area contributed by atoms with Crippen molar-refractivity contribution in [2.45, 2.75) is 96.9 Å². The van der Waals surface area contributed by atoms with Crippen LogP contribution in [0.5, 0.6) is 0 Å². The van der Waals surface area contributed by atoms with Crippen molar-refractivity contribution in [2.75, 3.05) is 13.2 Å². The summed E-state index contributed by atoms with van der Waals surface area (Å²) in [7, 11) is 0. The molecular weight excluding hydrogens is 330 g/mol. The molecule has 0 saturated heterocycles. The van der Waals surface area contributed by atoms with Crippen molar-refractivity contribution < 1.29 is 14.6 Å². The maximum atomic E-state index is 11.4. The second kappa shape index (κ2) is 15.8. The van der Waals surface area contributed by atoms with Gasteiger partial charge in [-0.2, -0.15) is 0 Å². The first-order chi connectivity index (χ1) is 12.8. The fourth-order valence-corrected chi connectivity index (χ4v) is 2.87. The maximum absolute atomic E-state index is 11.4. The molecular formula is C20H37N3O3. The minimum Gasteiger partial charge on any atom is -0.466 e. The molecule has 1 aromatic rings. The van der Waals surface area contributed by atoms with E-state index >= 15 is 0 Å². The number of carbonyl (C=O) groups excluding carboxylic acids is 1. The summed E-state index contributed by atoms with van der Waals surface area (Å²) in [5.41, 5.74) is 1.11. The lowest BCUT2D eigenvalue weighted by molar-refractivity contribution is -0.144. The summed E-state index contributed by atoms with van der Waals surface area (Å²) in [6, 6.07) is 0. The second-order valence-electron chi connectivity index (χ2n) is 6.95. The Labute approximate surface area is 158 Å². The van der Waals surface area contributed by atoms with Crippen molar-refractivity contribution in [3.63, 3.8) is 0 Å². The summed E-state index contributed by atoms with van der Waals surface area (Å²) in [4.78, 5) is 11.4. The van der Waals surface area contributed by atoms with Crippen molar-refractivity contribution in [3.8, 4) is 0 Å². The number of nitrogens with zero attached hydrogens (tertiary/aromatic N) is 3. The summed E-state index contributed by atoms with van der Waals surface area (Å²) in [5.74, 6) is -0.150. The van der Waals surface area contributed by atoms with Gasteiger partial charge in [-0.25, -0.2) is 0 Å². The standard InChI is InChI=1S/C20H37N3O3/c1-2-3-4-6-9-13-19-18-23(22-21-19)15-11-8-5-7-10-14-20(25)26-17-12-16-24/h18,24H,2-17H2,1H3. The average molecular weight is 368 g/mol. The van der Waals surface area contributed by atoms with E-state index in [4.69, 9.17) is 9.84 Å². The lowest BCUT2D eigenvalue weighted by atomic mass is 10.1. The topological polar surface area (TPSA) is 77.2 Å². The third kappa shape index (κ3) is 12.0. The summed E-state index contributed by atoms with van der Waals surface area (Å²) < 4.78 is 6.96. The summed E-state index contributed by atoms with van der Waals surface area (Å²) in [6.07, 6.45) is 15.9. The van der Waals surface area contributed by atoms with E-state index in [1.807, 2.05) is 4.68 Å². The molecule has 0 atom stereocenters. The van der Waals surface area contributed by atoms with E-state index < -0.39 is 0 Å². The molecule has 0 fully saturated rings. The second-order valence-corrected chi connectivity index (χ2v) is 6.95. The molecule has 0 radical (unpaired) electrons. The molecule has 1 rings (SSSR count). The normalized spacial score (nSPS) is 11.0. The van der Waals surface area contributed by atoms with Crippen LogP contribution in [0.4, 0.5) is 0 Å². The SMILES string of the molecule is CCCCCCCc1cn(CCCCCCCC(=O)OCCCO)nn1. The Morgan fingerprint density at radius 1 is 1.04 bits per heavy atom. The van der Waals surface area contributed by atoms with E-state index in [0.29, 0.717) is 19.4 Å². The van der Waals surface area contributed by atoms with Crippen LogP contribution in [0.25, 0.3) is 0 Å². The molecule has 1 aromatic heterocycles. The lowest BCUT2D eigenvalue weighted by Gasteiger charge is -2.04. The minimum atomic E-state index is -0.150. The Morgan fingerprint density at radius 3 is 2.58 bits per heavy atom. The van der Waals surface area contributed by atoms with Gasteiger partial charge in [0, 0.05) is 32.2 Å². The zero-order valence-electron chi connectivity index (χ0n) is 16.5. The highest BCUT2D eigenvalue weighted by molar-refractivity contribution is 5.69. The maximum Gasteiger partial charge on any atom is 0.305 e. The molecule has 150 valence electrons. The van der Waals surface area contributed by atoms with Gasteiger partial charge in [-0.1, -0.05) is 57.1 Å². The molecule has 0 saturated carbocycles. The third-order valence-corrected chi connectivity index (χ3v) is 4.46. The Kier molecular flexibility index (Phi) is 13.7. The summed E-state index contributed by atoms with van der Waals surface area (Å²) in [6.45, 7) is 3.56. The van der Waals surface area contributed by atoms with Gasteiger partial charge in [0.05, 0.1) is 12.3 Å². The summed E-state index contributed by atoms with van der Waals surface area (Å²) in [5, 5.41) is 17.1. The van der Waals surface area contributed by atoms with E-state index in [9.17, 15) is 4.79 Å². The van der Waals surface area contributed by atoms with E-state index in [1.165, 1.54) is 32.1 Å². The van der Waals surface area contributed by atoms with Crippen LogP contribution in [0, 0.1) is 0 Å². The van der Waals surface area contributed by atoms with Crippen LogP contribution in [-0.2, 0) is 22.5 Å². The van der Waals surface area contributed by atoms with Crippen molar-refractivity contribution in [1.29, 1.82) is 0 Å². The first-order valence-corrected chi connectivity index (χ1v) is 10.4. The van der Waals surface area contributed by atoms with Gasteiger partial charge in [0.1, 0.15) is 0 Å². The largest absolute Gasteiger partial charge is 0.466 e. The highest BCUT2D eigenvalue weighted by Gasteiger charge is 2.03. The predicted octanol–water partition coefficient (Wildman–Crippen LogP) is 4.06. The smallest absolute Gasteiger partial charge is 0.305 e. The monoisotopic (exact) mass is 367 g/mol. The number of aromatic nitrogens is 3. The van der Waals surface area contributed by atoms with Crippen LogP contribution >= 0.6 is 0 Å². The molecule has 1 heterocycles. The van der Waals surface area contributed by atoms with Crippen molar-refractivity contribution >= 4 is 5.97 Å². The van der Waals surface area contributed by atoms with Crippen molar-refractivity contribution in [2.24, 2.45) is 0 Å². The number of carbonyl (C=O) groups is 1. The van der Waals surface area contributed by atoms with E-state index in [0.717, 1.165) is 50.8 Å². The lowest BCUT2D eigenvalue weighted by Crippen LogP contribution is -2.06. The van der Waals surface area contributed by atoms with Gasteiger partial charge in [0.15, 0.2) is 0 Å². The molecule has 26 heavy (non-hydrogen) atoms. The van der Waals surface area contributed by atoms with Crippen molar-refractivity contribution in [3.05, 3.63) is 11.9 Å². The Hall–Kier alpha value is -1.43. The van der Waals surface area contributed by atoms with Gasteiger partial charge < -0.3 is 9.84 Å². The van der Waals surface area contributed by atoms with Crippen LogP contribution in [-0.4, -0.2) is 39.3 Å². The molecule has 1 N–H and O–H groups in total. The molecule has 0 aromatic carbocycles. The number of ether oxygens (including phenoxy) is 1. The minimum absolute atomic E-state index is 0.0690. The number of aliphatic hydroxyl groups is 1. The number of unbranched alkanes of at least 4 members (excludes halogenated alkanes) is 8. The number of aryl methyl sites for hydroxylation is 2. The van der Waals surface area contributed by atoms with Crippen LogP contribution in [0.1, 0.15) is 89.7 Å². The zero-order chi connectivity index (χ0) is 18.9. The van der Waals surface area contributed by atoms with E-state index in [-0.39, 0.29) is 12.6 Å². The molecule has 6 nitrogen and oxygen atoms in total. The number of esters is 1. The molecule has 0 amide bonds. The summed E-state index contributed by atoms with van der Waals surface area (Å²) >= 11 is 0. The fraction of sp³-hybridized carbons (Fsp3) is 0.850. The van der Waals surface area contributed by atoms with E-state index in [2.05, 4.69) is 23.4 Å². The zero-order valence-corrected chi connectivity index (χ0v) is 16.5. The van der Waals surface area contributed by atoms with Crippen LogP contribution in [0.15, 0.2) is 6.20 Å². The third-order valence-electron chi connectivity index (χ3n) is 4.46. The molecule has 6 heteroatoms. The quantitative estimate of drug-likeness (QED) is 0.332. The molecule has 0 spiro atoms. The fourth-order valence-electron chi connectivity index (χ4n) is 2.87. The molecule has 0 bridgehead atoms. The number of aliphatic hydroxyl groups excluding tert-OH is 1. The van der Waals surface area contributed by atoms with Gasteiger partial charge in [-0.3, -0.25) is 9.48 Å². The van der Waals surface area contributed by atoms with Crippen LogP contribution < -0.4 is 0 Å². The number of hydrogen-bond donors (Lipinski definition) is 1. The molecule has 0 aliphatic rings. The van der Waals surface area contributed by atoms with Gasteiger partial charge in [-0.05, 0) is 25.7 Å². The average Bonchev–Trinajstić information content (AvgIpc) is 3.08. The van der Waals surface area contributed by atoms with Gasteiger partial charge in [0.25, 0.3) is 0 Å². The van der Waals surface area contributed by atoms with Gasteiger partial charge in [-0.15, -0.1) is 5.10 Å². The number of rotatable bonds is 17. The van der Waals surface area contributed by atoms with Gasteiger partial charge in [0.2, 0.25) is 0 Å². The van der Waals surface area contributed by atoms with Crippen LogP contribution in [0.2, 0.25) is 0 Å². The van der Waals surface area contributed by atoms with Gasteiger partial charge >= 0.3 is 5.97 Å². The number of hydrogen-bond acceptors (Lipinski definition) is 5. The molecule has 0 aliphatic carbocycles. The first kappa shape index (κ1) is 22.6. The predicted molar refractivity (Wildman–Crippen MR) is 103 cm³/mol. The Balaban J connectivity index is 1.95.